The summed E-state index contributed by atoms with van der Waals surface area (Å²) >= 11 is 0. The second-order valence-electron chi connectivity index (χ2n) is 4.97. The molecule has 0 fully saturated rings. The minimum atomic E-state index is 0.341. The normalized spacial score (nSPS) is 14.6. The van der Waals surface area contributed by atoms with E-state index in [1.54, 1.807) is 6.07 Å². The molecule has 0 aliphatic heterocycles. The van der Waals surface area contributed by atoms with Crippen LogP contribution in [-0.2, 0) is 0 Å². The van der Waals surface area contributed by atoms with Crippen molar-refractivity contribution in [1.29, 1.82) is 0 Å². The van der Waals surface area contributed by atoms with Gasteiger partial charge in [-0.2, -0.15) is 0 Å². The Morgan fingerprint density at radius 3 is 2.65 bits per heavy atom. The van der Waals surface area contributed by atoms with Gasteiger partial charge in [-0.15, -0.1) is 6.58 Å². The number of aromatic hydroxyl groups is 1. The van der Waals surface area contributed by atoms with Gasteiger partial charge in [0, 0.05) is 6.54 Å². The van der Waals surface area contributed by atoms with Gasteiger partial charge in [0.15, 0.2) is 0 Å². The molecule has 0 amide bonds. The minimum Gasteiger partial charge on any atom is -0.508 e. The van der Waals surface area contributed by atoms with Gasteiger partial charge in [0.05, 0.1) is 0 Å². The zero-order chi connectivity index (χ0) is 12.8. The Bertz CT molecular complexity index is 360. The van der Waals surface area contributed by atoms with Crippen LogP contribution in [0.4, 0.5) is 0 Å². The number of nitrogens with zero attached hydrogens (tertiary/aromatic N) is 1. The fourth-order valence-corrected chi connectivity index (χ4v) is 2.34. The van der Waals surface area contributed by atoms with Crippen LogP contribution < -0.4 is 0 Å². The third kappa shape index (κ3) is 4.23. The molecule has 1 rings (SSSR count). The molecule has 0 spiro atoms. The molecule has 0 aliphatic rings. The van der Waals surface area contributed by atoms with E-state index in [1.807, 2.05) is 18.2 Å². The molecule has 1 aromatic rings. The molecule has 2 unspecified atom stereocenters. The molecule has 0 aliphatic carbocycles. The standard InChI is InChI=1S/C15H23NO/c1-5-7-15(12(2)11-16(3)4)13-8-6-9-14(17)10-13/h5-6,8-10,12,15,17H,1,7,11H2,2-4H3. The van der Waals surface area contributed by atoms with E-state index in [0.29, 0.717) is 17.6 Å². The lowest BCUT2D eigenvalue weighted by Crippen LogP contribution is -2.24. The van der Waals surface area contributed by atoms with Crippen LogP contribution in [0.1, 0.15) is 24.8 Å². The first kappa shape index (κ1) is 13.8. The van der Waals surface area contributed by atoms with Crippen LogP contribution in [0, 0.1) is 5.92 Å². The molecule has 17 heavy (non-hydrogen) atoms. The molecule has 0 saturated carbocycles. The van der Waals surface area contributed by atoms with Crippen molar-refractivity contribution < 1.29 is 5.11 Å². The van der Waals surface area contributed by atoms with E-state index >= 15 is 0 Å². The van der Waals surface area contributed by atoms with E-state index < -0.39 is 0 Å². The summed E-state index contributed by atoms with van der Waals surface area (Å²) in [5.74, 6) is 1.29. The van der Waals surface area contributed by atoms with Crippen molar-refractivity contribution >= 4 is 0 Å². The zero-order valence-electron chi connectivity index (χ0n) is 11.1. The monoisotopic (exact) mass is 233 g/mol. The van der Waals surface area contributed by atoms with Crippen molar-refractivity contribution in [2.45, 2.75) is 19.3 Å². The van der Waals surface area contributed by atoms with E-state index in [9.17, 15) is 5.11 Å². The minimum absolute atomic E-state index is 0.341. The lowest BCUT2D eigenvalue weighted by molar-refractivity contribution is 0.305. The summed E-state index contributed by atoms with van der Waals surface area (Å²) in [5.41, 5.74) is 1.19. The zero-order valence-corrected chi connectivity index (χ0v) is 11.1. The van der Waals surface area contributed by atoms with Crippen molar-refractivity contribution in [2.24, 2.45) is 5.92 Å². The highest BCUT2D eigenvalue weighted by atomic mass is 16.3. The topological polar surface area (TPSA) is 23.5 Å². The molecule has 0 saturated heterocycles. The smallest absolute Gasteiger partial charge is 0.115 e. The van der Waals surface area contributed by atoms with Crippen molar-refractivity contribution in [3.63, 3.8) is 0 Å². The number of allylic oxidation sites excluding steroid dienone is 1. The first-order valence-corrected chi connectivity index (χ1v) is 6.09. The molecule has 2 heteroatoms. The number of benzene rings is 1. The van der Waals surface area contributed by atoms with Crippen LogP contribution in [0.25, 0.3) is 0 Å². The highest BCUT2D eigenvalue weighted by molar-refractivity contribution is 5.30. The maximum Gasteiger partial charge on any atom is 0.115 e. The van der Waals surface area contributed by atoms with Gasteiger partial charge in [-0.1, -0.05) is 25.1 Å². The molecular formula is C15H23NO. The molecule has 94 valence electrons. The van der Waals surface area contributed by atoms with E-state index in [4.69, 9.17) is 0 Å². The van der Waals surface area contributed by atoms with Gasteiger partial charge in [0.25, 0.3) is 0 Å². The average molecular weight is 233 g/mol. The molecule has 2 nitrogen and oxygen atoms in total. The van der Waals surface area contributed by atoms with Crippen LogP contribution in [-0.4, -0.2) is 30.6 Å². The van der Waals surface area contributed by atoms with Gasteiger partial charge >= 0.3 is 0 Å². The van der Waals surface area contributed by atoms with Gasteiger partial charge in [0.2, 0.25) is 0 Å². The van der Waals surface area contributed by atoms with E-state index in [0.717, 1.165) is 13.0 Å². The van der Waals surface area contributed by atoms with Crippen LogP contribution in [0.5, 0.6) is 5.75 Å². The first-order chi connectivity index (χ1) is 8.04. The quantitative estimate of drug-likeness (QED) is 0.762. The molecule has 0 bridgehead atoms. The lowest BCUT2D eigenvalue weighted by atomic mass is 9.84. The summed E-state index contributed by atoms with van der Waals surface area (Å²) in [5, 5.41) is 9.56. The number of hydrogen-bond acceptors (Lipinski definition) is 2. The molecular weight excluding hydrogens is 210 g/mol. The summed E-state index contributed by atoms with van der Waals surface area (Å²) in [6, 6.07) is 7.56. The lowest BCUT2D eigenvalue weighted by Gasteiger charge is -2.26. The van der Waals surface area contributed by atoms with Crippen molar-refractivity contribution in [1.82, 2.24) is 4.90 Å². The molecule has 0 aromatic heterocycles. The van der Waals surface area contributed by atoms with Gasteiger partial charge < -0.3 is 10.0 Å². The Kier molecular flexibility index (Phi) is 5.23. The Hall–Kier alpha value is -1.28. The third-order valence-corrected chi connectivity index (χ3v) is 3.06. The van der Waals surface area contributed by atoms with Crippen LogP contribution in [0.3, 0.4) is 0 Å². The fraction of sp³-hybridized carbons (Fsp3) is 0.467. The number of rotatable bonds is 6. The summed E-state index contributed by atoms with van der Waals surface area (Å²) in [4.78, 5) is 2.20. The Balaban J connectivity index is 2.88. The highest BCUT2D eigenvalue weighted by Gasteiger charge is 2.18. The number of phenolic OH excluding ortho intramolecular Hbond substituents is 1. The van der Waals surface area contributed by atoms with Crippen LogP contribution in [0.15, 0.2) is 36.9 Å². The SMILES string of the molecule is C=CCC(c1cccc(O)c1)C(C)CN(C)C. The fourth-order valence-electron chi connectivity index (χ4n) is 2.34. The molecule has 2 atom stereocenters. The average Bonchev–Trinajstić information content (AvgIpc) is 2.24. The molecule has 1 aromatic carbocycles. The summed E-state index contributed by atoms with van der Waals surface area (Å²) in [6.07, 6.45) is 2.90. The van der Waals surface area contributed by atoms with Crippen molar-refractivity contribution in [3.8, 4) is 5.75 Å². The van der Waals surface area contributed by atoms with Gasteiger partial charge in [-0.25, -0.2) is 0 Å². The molecule has 1 N–H and O–H groups in total. The summed E-state index contributed by atoms with van der Waals surface area (Å²) in [7, 11) is 4.17. The molecule has 0 heterocycles. The second kappa shape index (κ2) is 6.45. The van der Waals surface area contributed by atoms with E-state index in [1.165, 1.54) is 5.56 Å². The Labute approximate surface area is 105 Å². The summed E-state index contributed by atoms with van der Waals surface area (Å²) in [6.45, 7) is 7.12. The number of hydrogen-bond donors (Lipinski definition) is 1. The van der Waals surface area contributed by atoms with Crippen molar-refractivity contribution in [3.05, 3.63) is 42.5 Å². The maximum atomic E-state index is 9.56. The van der Waals surface area contributed by atoms with Crippen LogP contribution in [0.2, 0.25) is 0 Å². The predicted molar refractivity (Wildman–Crippen MR) is 73.4 cm³/mol. The second-order valence-corrected chi connectivity index (χ2v) is 4.97. The van der Waals surface area contributed by atoms with Gasteiger partial charge in [0.1, 0.15) is 5.75 Å². The first-order valence-electron chi connectivity index (χ1n) is 6.09. The number of phenols is 1. The predicted octanol–water partition coefficient (Wildman–Crippen LogP) is 3.25. The van der Waals surface area contributed by atoms with E-state index in [2.05, 4.69) is 38.6 Å². The van der Waals surface area contributed by atoms with Gasteiger partial charge in [-0.05, 0) is 50.0 Å². The van der Waals surface area contributed by atoms with Gasteiger partial charge in [-0.3, -0.25) is 0 Å². The molecule has 0 radical (unpaired) electrons. The maximum absolute atomic E-state index is 9.56. The highest BCUT2D eigenvalue weighted by Crippen LogP contribution is 2.30. The Morgan fingerprint density at radius 1 is 1.41 bits per heavy atom. The largest absolute Gasteiger partial charge is 0.508 e. The van der Waals surface area contributed by atoms with Crippen LogP contribution >= 0.6 is 0 Å². The van der Waals surface area contributed by atoms with Crippen molar-refractivity contribution in [2.75, 3.05) is 20.6 Å². The Morgan fingerprint density at radius 2 is 2.12 bits per heavy atom. The van der Waals surface area contributed by atoms with E-state index in [-0.39, 0.29) is 0 Å². The third-order valence-electron chi connectivity index (χ3n) is 3.06. The summed E-state index contributed by atoms with van der Waals surface area (Å²) < 4.78 is 0.